The number of aromatic carboxylic acids is 1. The first-order valence-corrected chi connectivity index (χ1v) is 11.5. The second kappa shape index (κ2) is 6.48. The maximum absolute atomic E-state index is 11.4. The van der Waals surface area contributed by atoms with E-state index in [-0.39, 0.29) is 16.2 Å². The van der Waals surface area contributed by atoms with Gasteiger partial charge in [0.15, 0.2) is 0 Å². The third-order valence-electron chi connectivity index (χ3n) is 8.25. The Morgan fingerprint density at radius 2 is 1.71 bits per heavy atom. The average molecular weight is 416 g/mol. The number of piperidine rings is 1. The Kier molecular flexibility index (Phi) is 4.25. The Morgan fingerprint density at radius 1 is 1.03 bits per heavy atom. The first kappa shape index (κ1) is 20.4. The molecule has 0 aromatic heterocycles. The number of fused-ring (bicyclic) bond motifs is 2. The Morgan fingerprint density at radius 3 is 2.35 bits per heavy atom. The van der Waals surface area contributed by atoms with Crippen molar-refractivity contribution in [2.45, 2.75) is 70.1 Å². The third-order valence-corrected chi connectivity index (χ3v) is 8.25. The minimum Gasteiger partial charge on any atom is -0.478 e. The fourth-order valence-electron chi connectivity index (χ4n) is 6.08. The molecular formula is C28H33NO2. The van der Waals surface area contributed by atoms with Crippen molar-refractivity contribution in [3.8, 4) is 0 Å². The van der Waals surface area contributed by atoms with Crippen molar-refractivity contribution in [3.05, 3.63) is 75.5 Å². The smallest absolute Gasteiger partial charge is 0.335 e. The number of aryl methyl sites for hydroxylation is 1. The summed E-state index contributed by atoms with van der Waals surface area (Å²) in [5, 5.41) is 13.0. The van der Waals surface area contributed by atoms with Gasteiger partial charge in [0.1, 0.15) is 0 Å². The van der Waals surface area contributed by atoms with Gasteiger partial charge in [0, 0.05) is 17.7 Å². The number of allylic oxidation sites excluding steroid dienone is 1. The third kappa shape index (κ3) is 3.04. The summed E-state index contributed by atoms with van der Waals surface area (Å²) in [4.78, 5) is 11.4. The number of carboxylic acid groups (broad SMARTS) is 1. The van der Waals surface area contributed by atoms with Gasteiger partial charge in [-0.05, 0) is 89.0 Å². The lowest BCUT2D eigenvalue weighted by molar-refractivity contribution is 0.0697. The maximum atomic E-state index is 11.4. The highest BCUT2D eigenvalue weighted by molar-refractivity contribution is 5.88. The number of rotatable bonds is 3. The first-order valence-electron chi connectivity index (χ1n) is 11.5. The summed E-state index contributed by atoms with van der Waals surface area (Å²) < 4.78 is 0. The zero-order chi connectivity index (χ0) is 22.2. The second-order valence-corrected chi connectivity index (χ2v) is 11.2. The highest BCUT2D eigenvalue weighted by atomic mass is 16.4. The Balaban J connectivity index is 1.62. The van der Waals surface area contributed by atoms with Gasteiger partial charge in [0.25, 0.3) is 0 Å². The highest BCUT2D eigenvalue weighted by Gasteiger charge is 2.62. The molecule has 0 amide bonds. The average Bonchev–Trinajstić information content (AvgIpc) is 3.34. The number of nitrogens with one attached hydrogen (secondary N) is 1. The van der Waals surface area contributed by atoms with E-state index in [0.29, 0.717) is 11.5 Å². The standard InChI is InChI=1S/C28H33NO2/c1-17-11-22-23(27(4,5)10-9-26(22,2)3)14-21(17)28-15-20(28)16-29-24(28)13-18-7-6-8-19(12-18)25(30)31/h6-8,11-14,20,29H,9-10,15-16H2,1-5H3,(H,30,31)/b24-13-. The van der Waals surface area contributed by atoms with Gasteiger partial charge in [0.2, 0.25) is 0 Å². The van der Waals surface area contributed by atoms with Crippen molar-refractivity contribution in [1.82, 2.24) is 5.32 Å². The van der Waals surface area contributed by atoms with Gasteiger partial charge in [-0.2, -0.15) is 0 Å². The number of benzene rings is 2. The summed E-state index contributed by atoms with van der Waals surface area (Å²) in [6.45, 7) is 12.8. The molecule has 2 N–H and O–H groups in total. The molecule has 0 radical (unpaired) electrons. The van der Waals surface area contributed by atoms with E-state index in [4.69, 9.17) is 0 Å². The number of hydrogen-bond acceptors (Lipinski definition) is 2. The van der Waals surface area contributed by atoms with E-state index in [1.165, 1.54) is 47.2 Å². The highest BCUT2D eigenvalue weighted by Crippen LogP contribution is 2.63. The van der Waals surface area contributed by atoms with Crippen molar-refractivity contribution in [1.29, 1.82) is 0 Å². The minimum atomic E-state index is -0.881. The molecule has 2 atom stereocenters. The van der Waals surface area contributed by atoms with E-state index >= 15 is 0 Å². The zero-order valence-electron chi connectivity index (χ0n) is 19.3. The van der Waals surface area contributed by atoms with Crippen LogP contribution < -0.4 is 5.32 Å². The summed E-state index contributed by atoms with van der Waals surface area (Å²) >= 11 is 0. The van der Waals surface area contributed by atoms with E-state index in [2.05, 4.69) is 58.1 Å². The fraction of sp³-hybridized carbons (Fsp3) is 0.464. The lowest BCUT2D eigenvalue weighted by Crippen LogP contribution is -2.34. The molecule has 1 saturated heterocycles. The molecule has 0 spiro atoms. The normalized spacial score (nSPS) is 28.5. The molecular weight excluding hydrogens is 382 g/mol. The molecule has 2 unspecified atom stereocenters. The van der Waals surface area contributed by atoms with Crippen LogP contribution in [0.5, 0.6) is 0 Å². The summed E-state index contributed by atoms with van der Waals surface area (Å²) in [5.41, 5.74) is 8.89. The van der Waals surface area contributed by atoms with E-state index in [1.54, 1.807) is 12.1 Å². The van der Waals surface area contributed by atoms with Crippen molar-refractivity contribution >= 4 is 12.0 Å². The van der Waals surface area contributed by atoms with Crippen molar-refractivity contribution in [2.75, 3.05) is 6.54 Å². The Hall–Kier alpha value is -2.55. The predicted molar refractivity (Wildman–Crippen MR) is 126 cm³/mol. The van der Waals surface area contributed by atoms with Gasteiger partial charge in [0.05, 0.1) is 5.56 Å². The van der Waals surface area contributed by atoms with Gasteiger partial charge >= 0.3 is 5.97 Å². The SMILES string of the molecule is Cc1cc2c(cc1C13CC1CN/C3=C\c1cccc(C(=O)O)c1)C(C)(C)CCC2(C)C. The molecule has 2 aromatic rings. The Bertz CT molecular complexity index is 1120. The first-order chi connectivity index (χ1) is 14.5. The number of hydrogen-bond donors (Lipinski definition) is 2. The van der Waals surface area contributed by atoms with Gasteiger partial charge in [-0.3, -0.25) is 0 Å². The molecule has 1 aliphatic heterocycles. The molecule has 3 heteroatoms. The van der Waals surface area contributed by atoms with Crippen LogP contribution in [0.2, 0.25) is 0 Å². The summed E-state index contributed by atoms with van der Waals surface area (Å²) in [7, 11) is 0. The number of carboxylic acids is 1. The maximum Gasteiger partial charge on any atom is 0.335 e. The van der Waals surface area contributed by atoms with Gasteiger partial charge in [-0.25, -0.2) is 4.79 Å². The molecule has 3 aliphatic rings. The van der Waals surface area contributed by atoms with Crippen LogP contribution in [0.3, 0.4) is 0 Å². The molecule has 0 bridgehead atoms. The monoisotopic (exact) mass is 415 g/mol. The molecule has 2 aliphatic carbocycles. The minimum absolute atomic E-state index is 0.0516. The van der Waals surface area contributed by atoms with E-state index in [0.717, 1.165) is 12.1 Å². The largest absolute Gasteiger partial charge is 0.478 e. The van der Waals surface area contributed by atoms with Crippen LogP contribution in [-0.4, -0.2) is 17.6 Å². The summed E-state index contributed by atoms with van der Waals surface area (Å²) in [6.07, 6.45) is 5.79. The van der Waals surface area contributed by atoms with Crippen LogP contribution in [0.15, 0.2) is 42.1 Å². The van der Waals surface area contributed by atoms with Crippen LogP contribution in [0.1, 0.15) is 85.1 Å². The topological polar surface area (TPSA) is 49.3 Å². The van der Waals surface area contributed by atoms with Crippen LogP contribution in [0.4, 0.5) is 0 Å². The molecule has 1 heterocycles. The summed E-state index contributed by atoms with van der Waals surface area (Å²) in [6, 6.07) is 12.2. The van der Waals surface area contributed by atoms with Crippen molar-refractivity contribution in [3.63, 3.8) is 0 Å². The van der Waals surface area contributed by atoms with Crippen molar-refractivity contribution in [2.24, 2.45) is 5.92 Å². The van der Waals surface area contributed by atoms with Crippen molar-refractivity contribution < 1.29 is 9.90 Å². The molecule has 2 aromatic carbocycles. The predicted octanol–water partition coefficient (Wildman–Crippen LogP) is 5.94. The van der Waals surface area contributed by atoms with Gasteiger partial charge < -0.3 is 10.4 Å². The van der Waals surface area contributed by atoms with Gasteiger partial charge in [-0.15, -0.1) is 0 Å². The van der Waals surface area contributed by atoms with E-state index in [9.17, 15) is 9.90 Å². The lowest BCUT2D eigenvalue weighted by Gasteiger charge is -2.43. The molecule has 3 nitrogen and oxygen atoms in total. The zero-order valence-corrected chi connectivity index (χ0v) is 19.3. The molecule has 162 valence electrons. The Labute approximate surface area is 185 Å². The second-order valence-electron chi connectivity index (χ2n) is 11.2. The number of carbonyl (C=O) groups is 1. The van der Waals surface area contributed by atoms with E-state index < -0.39 is 5.97 Å². The summed E-state index contributed by atoms with van der Waals surface area (Å²) in [5.74, 6) is -0.258. The molecule has 5 rings (SSSR count). The van der Waals surface area contributed by atoms with E-state index in [1.807, 2.05) is 12.1 Å². The molecule has 31 heavy (non-hydrogen) atoms. The fourth-order valence-corrected chi connectivity index (χ4v) is 6.08. The van der Waals surface area contributed by atoms with Crippen LogP contribution in [0.25, 0.3) is 6.08 Å². The molecule has 1 saturated carbocycles. The van der Waals surface area contributed by atoms with Crippen LogP contribution >= 0.6 is 0 Å². The van der Waals surface area contributed by atoms with Gasteiger partial charge in [-0.1, -0.05) is 52.0 Å². The quantitative estimate of drug-likeness (QED) is 0.652. The van der Waals surface area contributed by atoms with Crippen LogP contribution in [0, 0.1) is 12.8 Å². The van der Waals surface area contributed by atoms with Crippen LogP contribution in [-0.2, 0) is 16.2 Å². The molecule has 2 fully saturated rings. The lowest BCUT2D eigenvalue weighted by atomic mass is 9.62.